The Balaban J connectivity index is 1.25. The van der Waals surface area contributed by atoms with Crippen molar-refractivity contribution in [3.8, 4) is 11.3 Å². The normalized spacial score (nSPS) is 17.3. The Labute approximate surface area is 210 Å². The minimum Gasteiger partial charge on any atom is -0.445 e. The Morgan fingerprint density at radius 1 is 1.14 bits per heavy atom. The van der Waals surface area contributed by atoms with Gasteiger partial charge in [-0.1, -0.05) is 42.5 Å². The van der Waals surface area contributed by atoms with Gasteiger partial charge in [-0.25, -0.2) is 9.78 Å². The van der Waals surface area contributed by atoms with E-state index in [0.717, 1.165) is 24.0 Å². The van der Waals surface area contributed by atoms with Crippen LogP contribution in [-0.4, -0.2) is 45.5 Å². The lowest BCUT2D eigenvalue weighted by atomic mass is 9.99. The fourth-order valence-electron chi connectivity index (χ4n) is 3.95. The molecule has 1 saturated heterocycles. The Bertz CT molecular complexity index is 1260. The molecule has 1 unspecified atom stereocenters. The lowest BCUT2D eigenvalue weighted by molar-refractivity contribution is -0.119. The van der Waals surface area contributed by atoms with Gasteiger partial charge in [-0.15, -0.1) is 23.1 Å². The smallest absolute Gasteiger partial charge is 0.411 e. The van der Waals surface area contributed by atoms with Crippen molar-refractivity contribution in [1.82, 2.24) is 9.88 Å². The molecule has 0 spiro atoms. The van der Waals surface area contributed by atoms with Crippen molar-refractivity contribution in [2.24, 2.45) is 5.73 Å². The molecule has 3 amide bonds. The largest absolute Gasteiger partial charge is 0.445 e. The van der Waals surface area contributed by atoms with E-state index in [9.17, 15) is 14.4 Å². The standard InChI is InChI=1S/C25H24N4O4S2/c26-22(30)19-10-17(16-6-7-16)8-9-18(19)20-12-35-24(27-20)28-23(31)21-13-34-14-29(21)25(32)33-11-15-4-2-1-3-5-15/h1-5,8-10,12,16,21H,6-7,11,13-14H2,(H2,26,30)(H,27,28,31). The van der Waals surface area contributed by atoms with Crippen molar-refractivity contribution in [3.05, 3.63) is 70.6 Å². The number of benzene rings is 2. The number of anilines is 1. The zero-order chi connectivity index (χ0) is 24.4. The summed E-state index contributed by atoms with van der Waals surface area (Å²) in [6, 6.07) is 14.5. The molecule has 0 radical (unpaired) electrons. The zero-order valence-electron chi connectivity index (χ0n) is 18.8. The van der Waals surface area contributed by atoms with Crippen molar-refractivity contribution in [3.63, 3.8) is 0 Å². The zero-order valence-corrected chi connectivity index (χ0v) is 20.4. The van der Waals surface area contributed by atoms with E-state index in [-0.39, 0.29) is 12.5 Å². The monoisotopic (exact) mass is 508 g/mol. The molecule has 3 aromatic rings. The summed E-state index contributed by atoms with van der Waals surface area (Å²) in [6.45, 7) is 0.146. The SMILES string of the molecule is NC(=O)c1cc(C2CC2)ccc1-c1csc(NC(=O)C2CSCN2C(=O)OCc2ccccc2)n1. The first-order valence-corrected chi connectivity index (χ1v) is 13.3. The molecule has 1 aliphatic carbocycles. The second-order valence-corrected chi connectivity index (χ2v) is 10.4. The molecule has 35 heavy (non-hydrogen) atoms. The fourth-order valence-corrected chi connectivity index (χ4v) is 5.80. The lowest BCUT2D eigenvalue weighted by Gasteiger charge is -2.22. The van der Waals surface area contributed by atoms with Gasteiger partial charge in [-0.3, -0.25) is 14.5 Å². The van der Waals surface area contributed by atoms with Crippen LogP contribution in [0.25, 0.3) is 11.3 Å². The summed E-state index contributed by atoms with van der Waals surface area (Å²) in [6.07, 6.45) is 1.72. The molecule has 1 saturated carbocycles. The minimum atomic E-state index is -0.658. The average molecular weight is 509 g/mol. The molecular weight excluding hydrogens is 484 g/mol. The molecule has 180 valence electrons. The maximum Gasteiger partial charge on any atom is 0.411 e. The summed E-state index contributed by atoms with van der Waals surface area (Å²) in [5.74, 6) is 0.517. The average Bonchev–Trinajstić information content (AvgIpc) is 3.41. The number of nitrogens with two attached hydrogens (primary N) is 1. The number of rotatable bonds is 7. The van der Waals surface area contributed by atoms with E-state index in [1.54, 1.807) is 5.38 Å². The number of carbonyl (C=O) groups excluding carboxylic acids is 3. The van der Waals surface area contributed by atoms with Gasteiger partial charge in [0, 0.05) is 22.3 Å². The molecule has 2 heterocycles. The first kappa shape index (κ1) is 23.4. The van der Waals surface area contributed by atoms with Crippen LogP contribution in [-0.2, 0) is 16.1 Å². The van der Waals surface area contributed by atoms with Crippen molar-refractivity contribution < 1.29 is 19.1 Å². The lowest BCUT2D eigenvalue weighted by Crippen LogP contribution is -2.44. The maximum atomic E-state index is 13.0. The van der Waals surface area contributed by atoms with E-state index in [4.69, 9.17) is 10.5 Å². The highest BCUT2D eigenvalue weighted by Crippen LogP contribution is 2.41. The number of thiazole rings is 1. The Kier molecular flexibility index (Phi) is 6.74. The molecule has 2 fully saturated rings. The van der Waals surface area contributed by atoms with Crippen LogP contribution in [0.5, 0.6) is 0 Å². The molecule has 3 N–H and O–H groups in total. The van der Waals surface area contributed by atoms with Gasteiger partial charge in [-0.05, 0) is 36.0 Å². The van der Waals surface area contributed by atoms with Gasteiger partial charge in [0.05, 0.1) is 11.6 Å². The number of nitrogens with zero attached hydrogens (tertiary/aromatic N) is 2. The van der Waals surface area contributed by atoms with Crippen LogP contribution in [0.1, 0.15) is 40.2 Å². The second kappa shape index (κ2) is 10.1. The summed E-state index contributed by atoms with van der Waals surface area (Å²) in [5.41, 5.74) is 9.27. The summed E-state index contributed by atoms with van der Waals surface area (Å²) >= 11 is 2.75. The number of hydrogen-bond donors (Lipinski definition) is 2. The maximum absolute atomic E-state index is 13.0. The predicted molar refractivity (Wildman–Crippen MR) is 136 cm³/mol. The van der Waals surface area contributed by atoms with Crippen LogP contribution in [0.15, 0.2) is 53.9 Å². The van der Waals surface area contributed by atoms with Crippen LogP contribution in [0.3, 0.4) is 0 Å². The van der Waals surface area contributed by atoms with Gasteiger partial charge in [0.25, 0.3) is 0 Å². The third-order valence-electron chi connectivity index (χ3n) is 5.99. The van der Waals surface area contributed by atoms with Gasteiger partial charge in [-0.2, -0.15) is 0 Å². The highest BCUT2D eigenvalue weighted by molar-refractivity contribution is 7.99. The molecule has 0 bridgehead atoms. The van der Waals surface area contributed by atoms with Gasteiger partial charge in [0.15, 0.2) is 5.13 Å². The van der Waals surface area contributed by atoms with Gasteiger partial charge >= 0.3 is 6.09 Å². The molecule has 1 aliphatic heterocycles. The third-order valence-corrected chi connectivity index (χ3v) is 7.76. The number of amides is 3. The van der Waals surface area contributed by atoms with E-state index in [1.807, 2.05) is 48.5 Å². The highest BCUT2D eigenvalue weighted by Gasteiger charge is 2.36. The van der Waals surface area contributed by atoms with E-state index in [0.29, 0.717) is 39.5 Å². The molecule has 8 nitrogen and oxygen atoms in total. The molecule has 1 aromatic heterocycles. The molecule has 10 heteroatoms. The minimum absolute atomic E-state index is 0.146. The summed E-state index contributed by atoms with van der Waals surface area (Å²) < 4.78 is 5.41. The van der Waals surface area contributed by atoms with Crippen molar-refractivity contribution >= 4 is 46.1 Å². The van der Waals surface area contributed by atoms with Gasteiger partial charge in [0.2, 0.25) is 11.8 Å². The van der Waals surface area contributed by atoms with Crippen molar-refractivity contribution in [2.45, 2.75) is 31.4 Å². The van der Waals surface area contributed by atoms with Crippen LogP contribution in [0.4, 0.5) is 9.93 Å². The molecule has 2 aliphatic rings. The first-order chi connectivity index (χ1) is 17.0. The van der Waals surface area contributed by atoms with Crippen LogP contribution >= 0.6 is 23.1 Å². The van der Waals surface area contributed by atoms with Gasteiger partial charge in [0.1, 0.15) is 12.6 Å². The number of thioether (sulfide) groups is 1. The highest BCUT2D eigenvalue weighted by atomic mass is 32.2. The predicted octanol–water partition coefficient (Wildman–Crippen LogP) is 4.44. The van der Waals surface area contributed by atoms with E-state index in [2.05, 4.69) is 10.3 Å². The van der Waals surface area contributed by atoms with Crippen molar-refractivity contribution in [1.29, 1.82) is 0 Å². The van der Waals surface area contributed by atoms with Crippen LogP contribution in [0, 0.1) is 0 Å². The van der Waals surface area contributed by atoms with Gasteiger partial charge < -0.3 is 15.8 Å². The second-order valence-electron chi connectivity index (χ2n) is 8.50. The van der Waals surface area contributed by atoms with Crippen molar-refractivity contribution in [2.75, 3.05) is 16.9 Å². The third kappa shape index (κ3) is 5.33. The Hall–Kier alpha value is -3.37. The topological polar surface area (TPSA) is 115 Å². The quantitative estimate of drug-likeness (QED) is 0.488. The molecular formula is C25H24N4O4S2. The fraction of sp³-hybridized carbons (Fsp3) is 0.280. The van der Waals surface area contributed by atoms with E-state index >= 15 is 0 Å². The number of hydrogen-bond acceptors (Lipinski definition) is 7. The first-order valence-electron chi connectivity index (χ1n) is 11.2. The number of carbonyl (C=O) groups is 3. The van der Waals surface area contributed by atoms with Crippen LogP contribution < -0.4 is 11.1 Å². The number of nitrogens with one attached hydrogen (secondary N) is 1. The van der Waals surface area contributed by atoms with Crippen LogP contribution in [0.2, 0.25) is 0 Å². The van der Waals surface area contributed by atoms with E-state index < -0.39 is 18.0 Å². The van der Waals surface area contributed by atoms with E-state index in [1.165, 1.54) is 28.0 Å². The molecule has 1 atom stereocenters. The number of aromatic nitrogens is 1. The Morgan fingerprint density at radius 2 is 1.94 bits per heavy atom. The number of ether oxygens (including phenoxy) is 1. The molecule has 5 rings (SSSR count). The number of primary amides is 1. The summed E-state index contributed by atoms with van der Waals surface area (Å²) in [7, 11) is 0. The summed E-state index contributed by atoms with van der Waals surface area (Å²) in [4.78, 5) is 43.6. The molecule has 2 aromatic carbocycles. The summed E-state index contributed by atoms with van der Waals surface area (Å²) in [5, 5.41) is 4.98. The Morgan fingerprint density at radius 3 is 2.69 bits per heavy atom.